The van der Waals surface area contributed by atoms with Gasteiger partial charge in [-0.2, -0.15) is 5.10 Å². The summed E-state index contributed by atoms with van der Waals surface area (Å²) in [7, 11) is 1.69. The fourth-order valence-corrected chi connectivity index (χ4v) is 3.88. The van der Waals surface area contributed by atoms with Gasteiger partial charge in [0.15, 0.2) is 0 Å². The summed E-state index contributed by atoms with van der Waals surface area (Å²) in [6, 6.07) is 17.9. The van der Waals surface area contributed by atoms with Crippen molar-refractivity contribution in [2.75, 3.05) is 26.7 Å². The first kappa shape index (κ1) is 19.2. The minimum Gasteiger partial charge on any atom is -0.496 e. The SMILES string of the molecule is COc1ccccc1[C@@H](CNC(=O)c1cnn(-c2ccccc2)c1)N1CCCC1. The Labute approximate surface area is 171 Å². The molecule has 0 aliphatic carbocycles. The number of likely N-dealkylation sites (tertiary alicyclic amines) is 1. The molecule has 0 saturated carbocycles. The van der Waals surface area contributed by atoms with Crippen LogP contribution in [0, 0.1) is 0 Å². The number of rotatable bonds is 7. The van der Waals surface area contributed by atoms with Gasteiger partial charge in [0.2, 0.25) is 0 Å². The molecule has 1 amide bonds. The van der Waals surface area contributed by atoms with E-state index in [2.05, 4.69) is 21.4 Å². The minimum atomic E-state index is -0.119. The van der Waals surface area contributed by atoms with Gasteiger partial charge in [-0.15, -0.1) is 0 Å². The van der Waals surface area contributed by atoms with Crippen LogP contribution in [0.15, 0.2) is 67.0 Å². The number of carbonyl (C=O) groups excluding carboxylic acids is 1. The molecule has 1 saturated heterocycles. The monoisotopic (exact) mass is 390 g/mol. The molecule has 1 aromatic heterocycles. The van der Waals surface area contributed by atoms with Crippen LogP contribution in [0.25, 0.3) is 5.69 Å². The van der Waals surface area contributed by atoms with Crippen molar-refractivity contribution >= 4 is 5.91 Å². The van der Waals surface area contributed by atoms with E-state index in [4.69, 9.17) is 4.74 Å². The zero-order valence-corrected chi connectivity index (χ0v) is 16.6. The molecule has 0 spiro atoms. The molecule has 0 unspecified atom stereocenters. The quantitative estimate of drug-likeness (QED) is 0.671. The van der Waals surface area contributed by atoms with E-state index in [0.717, 1.165) is 30.1 Å². The van der Waals surface area contributed by atoms with Gasteiger partial charge in [-0.25, -0.2) is 4.68 Å². The summed E-state index contributed by atoms with van der Waals surface area (Å²) in [6.45, 7) is 2.59. The summed E-state index contributed by atoms with van der Waals surface area (Å²) in [5, 5.41) is 7.42. The van der Waals surface area contributed by atoms with Gasteiger partial charge in [-0.1, -0.05) is 36.4 Å². The van der Waals surface area contributed by atoms with Crippen molar-refractivity contribution in [2.45, 2.75) is 18.9 Å². The summed E-state index contributed by atoms with van der Waals surface area (Å²) in [6.07, 6.45) is 5.74. The fraction of sp³-hybridized carbons (Fsp3) is 0.304. The van der Waals surface area contributed by atoms with Gasteiger partial charge < -0.3 is 10.1 Å². The number of carbonyl (C=O) groups is 1. The van der Waals surface area contributed by atoms with E-state index in [1.165, 1.54) is 12.8 Å². The molecule has 0 radical (unpaired) electrons. The van der Waals surface area contributed by atoms with E-state index in [0.29, 0.717) is 12.1 Å². The van der Waals surface area contributed by atoms with Crippen molar-refractivity contribution < 1.29 is 9.53 Å². The first-order valence-corrected chi connectivity index (χ1v) is 10.0. The average molecular weight is 390 g/mol. The zero-order chi connectivity index (χ0) is 20.1. The summed E-state index contributed by atoms with van der Waals surface area (Å²) in [4.78, 5) is 15.2. The van der Waals surface area contributed by atoms with Gasteiger partial charge in [-0.3, -0.25) is 9.69 Å². The molecule has 29 heavy (non-hydrogen) atoms. The lowest BCUT2D eigenvalue weighted by atomic mass is 10.0. The maximum atomic E-state index is 12.8. The van der Waals surface area contributed by atoms with Crippen LogP contribution in [-0.2, 0) is 0 Å². The predicted molar refractivity (Wildman–Crippen MR) is 112 cm³/mol. The number of aromatic nitrogens is 2. The maximum Gasteiger partial charge on any atom is 0.254 e. The fourth-order valence-electron chi connectivity index (χ4n) is 3.88. The van der Waals surface area contributed by atoms with Crippen LogP contribution in [0.1, 0.15) is 34.8 Å². The Hall–Kier alpha value is -3.12. The minimum absolute atomic E-state index is 0.0850. The second kappa shape index (κ2) is 8.92. The van der Waals surface area contributed by atoms with Gasteiger partial charge in [0.1, 0.15) is 5.75 Å². The van der Waals surface area contributed by atoms with Gasteiger partial charge in [0.05, 0.1) is 30.6 Å². The first-order valence-electron chi connectivity index (χ1n) is 10.0. The van der Waals surface area contributed by atoms with Crippen molar-refractivity contribution in [1.29, 1.82) is 0 Å². The number of benzene rings is 2. The first-order chi connectivity index (χ1) is 14.3. The van der Waals surface area contributed by atoms with Crippen molar-refractivity contribution in [3.8, 4) is 11.4 Å². The molecule has 1 N–H and O–H groups in total. The number of hydrogen-bond donors (Lipinski definition) is 1. The van der Waals surface area contributed by atoms with E-state index in [1.807, 2.05) is 48.5 Å². The standard InChI is InChI=1S/C23H26N4O2/c1-29-22-12-6-5-11-20(22)21(26-13-7-8-14-26)16-24-23(28)18-15-25-27(17-18)19-9-3-2-4-10-19/h2-6,9-12,15,17,21H,7-8,13-14,16H2,1H3,(H,24,28)/t21-/m1/s1. The van der Waals surface area contributed by atoms with Crippen LogP contribution in [0.4, 0.5) is 0 Å². The molecular weight excluding hydrogens is 364 g/mol. The average Bonchev–Trinajstić information content (AvgIpc) is 3.47. The van der Waals surface area contributed by atoms with Crippen molar-refractivity contribution in [3.63, 3.8) is 0 Å². The molecule has 3 aromatic rings. The van der Waals surface area contributed by atoms with Crippen LogP contribution >= 0.6 is 0 Å². The third-order valence-corrected chi connectivity index (χ3v) is 5.40. The highest BCUT2D eigenvalue weighted by Crippen LogP contribution is 2.31. The molecule has 2 heterocycles. The Kier molecular flexibility index (Phi) is 5.91. The number of amides is 1. The Morgan fingerprint density at radius 3 is 2.59 bits per heavy atom. The molecule has 1 atom stereocenters. The van der Waals surface area contributed by atoms with Crippen LogP contribution in [0.2, 0.25) is 0 Å². The molecule has 0 bridgehead atoms. The molecule has 1 aliphatic rings. The molecule has 4 rings (SSSR count). The second-order valence-corrected chi connectivity index (χ2v) is 7.22. The summed E-state index contributed by atoms with van der Waals surface area (Å²) >= 11 is 0. The summed E-state index contributed by atoms with van der Waals surface area (Å²) in [5.74, 6) is 0.738. The van der Waals surface area contributed by atoms with Gasteiger partial charge in [-0.05, 0) is 44.1 Å². The maximum absolute atomic E-state index is 12.8. The number of nitrogens with zero attached hydrogens (tertiary/aromatic N) is 3. The molecule has 1 aliphatic heterocycles. The lowest BCUT2D eigenvalue weighted by Gasteiger charge is -2.29. The lowest BCUT2D eigenvalue weighted by molar-refractivity contribution is 0.0937. The molecule has 150 valence electrons. The van der Waals surface area contributed by atoms with Gasteiger partial charge in [0, 0.05) is 18.3 Å². The molecule has 6 heteroatoms. The normalized spacial score (nSPS) is 15.2. The molecular formula is C23H26N4O2. The molecule has 2 aromatic carbocycles. The van der Waals surface area contributed by atoms with Crippen LogP contribution in [0.5, 0.6) is 5.75 Å². The molecule has 6 nitrogen and oxygen atoms in total. The number of ether oxygens (including phenoxy) is 1. The van der Waals surface area contributed by atoms with Crippen molar-refractivity contribution in [3.05, 3.63) is 78.1 Å². The number of hydrogen-bond acceptors (Lipinski definition) is 4. The topological polar surface area (TPSA) is 59.4 Å². The van der Waals surface area contributed by atoms with E-state index in [9.17, 15) is 4.79 Å². The highest BCUT2D eigenvalue weighted by molar-refractivity contribution is 5.93. The Balaban J connectivity index is 1.49. The van der Waals surface area contributed by atoms with Gasteiger partial charge >= 0.3 is 0 Å². The van der Waals surface area contributed by atoms with Crippen LogP contribution < -0.4 is 10.1 Å². The van der Waals surface area contributed by atoms with E-state index in [1.54, 1.807) is 24.2 Å². The number of para-hydroxylation sites is 2. The van der Waals surface area contributed by atoms with Gasteiger partial charge in [0.25, 0.3) is 5.91 Å². The van der Waals surface area contributed by atoms with Crippen LogP contribution in [-0.4, -0.2) is 47.3 Å². The zero-order valence-electron chi connectivity index (χ0n) is 16.6. The smallest absolute Gasteiger partial charge is 0.254 e. The lowest BCUT2D eigenvalue weighted by Crippen LogP contribution is -2.37. The highest BCUT2D eigenvalue weighted by atomic mass is 16.5. The van der Waals surface area contributed by atoms with E-state index in [-0.39, 0.29) is 11.9 Å². The molecule has 1 fully saturated rings. The highest BCUT2D eigenvalue weighted by Gasteiger charge is 2.26. The third kappa shape index (κ3) is 4.32. The Morgan fingerprint density at radius 1 is 1.10 bits per heavy atom. The second-order valence-electron chi connectivity index (χ2n) is 7.22. The predicted octanol–water partition coefficient (Wildman–Crippen LogP) is 3.45. The van der Waals surface area contributed by atoms with Crippen LogP contribution in [0.3, 0.4) is 0 Å². The Bertz CT molecular complexity index is 948. The van der Waals surface area contributed by atoms with E-state index < -0.39 is 0 Å². The van der Waals surface area contributed by atoms with Crippen molar-refractivity contribution in [2.24, 2.45) is 0 Å². The van der Waals surface area contributed by atoms with E-state index >= 15 is 0 Å². The third-order valence-electron chi connectivity index (χ3n) is 5.40. The summed E-state index contributed by atoms with van der Waals surface area (Å²) in [5.41, 5.74) is 2.58. The Morgan fingerprint density at radius 2 is 1.83 bits per heavy atom. The van der Waals surface area contributed by atoms with Crippen molar-refractivity contribution in [1.82, 2.24) is 20.0 Å². The number of methoxy groups -OCH3 is 1. The largest absolute Gasteiger partial charge is 0.496 e. The summed E-state index contributed by atoms with van der Waals surface area (Å²) < 4.78 is 7.29. The number of nitrogens with one attached hydrogen (secondary N) is 1.